The van der Waals surface area contributed by atoms with Crippen molar-refractivity contribution in [2.75, 3.05) is 0 Å². The van der Waals surface area contributed by atoms with Crippen LogP contribution in [0.5, 0.6) is 0 Å². The lowest BCUT2D eigenvalue weighted by Crippen LogP contribution is -2.07. The van der Waals surface area contributed by atoms with Crippen LogP contribution in [-0.2, 0) is 12.8 Å². The zero-order chi connectivity index (χ0) is 14.7. The van der Waals surface area contributed by atoms with Crippen LogP contribution in [0, 0.1) is 12.8 Å². The number of rotatable bonds is 5. The zero-order valence-electron chi connectivity index (χ0n) is 12.9. The van der Waals surface area contributed by atoms with E-state index in [9.17, 15) is 4.79 Å². The van der Waals surface area contributed by atoms with Crippen molar-refractivity contribution < 1.29 is 0 Å². The third-order valence-corrected chi connectivity index (χ3v) is 3.47. The van der Waals surface area contributed by atoms with E-state index in [2.05, 4.69) is 44.9 Å². The van der Waals surface area contributed by atoms with Crippen LogP contribution in [0.1, 0.15) is 44.0 Å². The molecule has 0 saturated carbocycles. The number of nitrogens with zero attached hydrogens (tertiary/aromatic N) is 1. The summed E-state index contributed by atoms with van der Waals surface area (Å²) in [5.74, 6) is 0.525. The molecule has 0 atom stereocenters. The third kappa shape index (κ3) is 3.03. The molecule has 3 nitrogen and oxygen atoms in total. The van der Waals surface area contributed by atoms with Crippen LogP contribution < -0.4 is 5.56 Å². The zero-order valence-corrected chi connectivity index (χ0v) is 12.9. The Morgan fingerprint density at radius 3 is 2.65 bits per heavy atom. The highest BCUT2D eigenvalue weighted by Gasteiger charge is 2.16. The van der Waals surface area contributed by atoms with Crippen molar-refractivity contribution in [3.63, 3.8) is 0 Å². The molecule has 0 bridgehead atoms. The molecule has 20 heavy (non-hydrogen) atoms. The Kier molecular flexibility index (Phi) is 4.48. The van der Waals surface area contributed by atoms with Gasteiger partial charge < -0.3 is 0 Å². The van der Waals surface area contributed by atoms with Crippen LogP contribution in [0.15, 0.2) is 29.1 Å². The first kappa shape index (κ1) is 14.6. The number of hydrogen-bond donors (Lipinski definition) is 1. The van der Waals surface area contributed by atoms with E-state index in [1.807, 2.05) is 16.8 Å². The van der Waals surface area contributed by atoms with Gasteiger partial charge >= 0.3 is 0 Å². The van der Waals surface area contributed by atoms with E-state index in [1.165, 1.54) is 5.56 Å². The molecular formula is C17H24N2O. The van der Waals surface area contributed by atoms with Crippen LogP contribution in [0.25, 0.3) is 5.69 Å². The van der Waals surface area contributed by atoms with Gasteiger partial charge in [-0.1, -0.05) is 39.3 Å². The normalized spacial score (nSPS) is 11.2. The molecule has 0 radical (unpaired) electrons. The Bertz CT molecular complexity index is 635. The Labute approximate surface area is 120 Å². The van der Waals surface area contributed by atoms with Crippen LogP contribution in [-0.4, -0.2) is 9.78 Å². The van der Waals surface area contributed by atoms with E-state index in [4.69, 9.17) is 0 Å². The highest BCUT2D eigenvalue weighted by atomic mass is 16.1. The van der Waals surface area contributed by atoms with Crippen molar-refractivity contribution in [1.29, 1.82) is 0 Å². The molecule has 1 N–H and O–H groups in total. The number of aromatic nitrogens is 2. The van der Waals surface area contributed by atoms with Crippen LogP contribution in [0.3, 0.4) is 0 Å². The lowest BCUT2D eigenvalue weighted by molar-refractivity contribution is 0.611. The molecule has 0 amide bonds. The van der Waals surface area contributed by atoms with E-state index < -0.39 is 0 Å². The molecule has 0 spiro atoms. The molecule has 0 aliphatic heterocycles. The fourth-order valence-corrected chi connectivity index (χ4v) is 2.60. The predicted octanol–water partition coefficient (Wildman–Crippen LogP) is 3.63. The lowest BCUT2D eigenvalue weighted by Gasteiger charge is -2.12. The van der Waals surface area contributed by atoms with E-state index in [0.29, 0.717) is 5.92 Å². The van der Waals surface area contributed by atoms with Crippen molar-refractivity contribution in [3.05, 3.63) is 51.4 Å². The maximum atomic E-state index is 12.2. The van der Waals surface area contributed by atoms with Crippen LogP contribution in [0.2, 0.25) is 0 Å². The molecule has 1 aromatic heterocycles. The first-order valence-electron chi connectivity index (χ1n) is 7.42. The maximum Gasteiger partial charge on any atom is 0.267 e. The van der Waals surface area contributed by atoms with Crippen molar-refractivity contribution in [2.24, 2.45) is 5.92 Å². The van der Waals surface area contributed by atoms with Gasteiger partial charge in [-0.05, 0) is 43.4 Å². The Morgan fingerprint density at radius 2 is 2.05 bits per heavy atom. The van der Waals surface area contributed by atoms with Gasteiger partial charge in [0.05, 0.1) is 5.69 Å². The number of aromatic amines is 1. The van der Waals surface area contributed by atoms with Gasteiger partial charge in [-0.15, -0.1) is 0 Å². The van der Waals surface area contributed by atoms with Crippen molar-refractivity contribution in [3.8, 4) is 5.69 Å². The molecule has 1 aromatic carbocycles. The van der Waals surface area contributed by atoms with E-state index >= 15 is 0 Å². The van der Waals surface area contributed by atoms with Gasteiger partial charge in [-0.3, -0.25) is 14.6 Å². The topological polar surface area (TPSA) is 37.8 Å². The minimum Gasteiger partial charge on any atom is -0.268 e. The molecule has 2 aromatic rings. The van der Waals surface area contributed by atoms with E-state index in [1.54, 1.807) is 0 Å². The Morgan fingerprint density at radius 1 is 1.30 bits per heavy atom. The molecule has 0 aliphatic carbocycles. The van der Waals surface area contributed by atoms with Crippen molar-refractivity contribution in [1.82, 2.24) is 9.78 Å². The third-order valence-electron chi connectivity index (χ3n) is 3.47. The van der Waals surface area contributed by atoms with Gasteiger partial charge in [0.25, 0.3) is 5.56 Å². The number of H-pyrrole nitrogens is 1. The van der Waals surface area contributed by atoms with Gasteiger partial charge in [-0.25, -0.2) is 0 Å². The highest BCUT2D eigenvalue weighted by molar-refractivity contribution is 5.38. The summed E-state index contributed by atoms with van der Waals surface area (Å²) in [6.45, 7) is 8.56. The summed E-state index contributed by atoms with van der Waals surface area (Å²) >= 11 is 0. The second kappa shape index (κ2) is 6.12. The van der Waals surface area contributed by atoms with Crippen molar-refractivity contribution >= 4 is 0 Å². The van der Waals surface area contributed by atoms with Gasteiger partial charge in [0.15, 0.2) is 0 Å². The minimum atomic E-state index is 0.0593. The Hall–Kier alpha value is -1.77. The summed E-state index contributed by atoms with van der Waals surface area (Å²) in [5, 5.41) is 3.01. The molecule has 3 heteroatoms. The minimum absolute atomic E-state index is 0.0593. The lowest BCUT2D eigenvalue weighted by atomic mass is 10.0. The molecule has 0 fully saturated rings. The van der Waals surface area contributed by atoms with Gasteiger partial charge in [0.2, 0.25) is 0 Å². The SMILES string of the molecule is CCCc1c(CC(C)C)n(-c2cccc(C)c2)[nH]c1=O. The van der Waals surface area contributed by atoms with Gasteiger partial charge in [-0.2, -0.15) is 0 Å². The van der Waals surface area contributed by atoms with Gasteiger partial charge in [0.1, 0.15) is 0 Å². The first-order chi connectivity index (χ1) is 9.52. The first-order valence-corrected chi connectivity index (χ1v) is 7.42. The van der Waals surface area contributed by atoms with E-state index in [-0.39, 0.29) is 5.56 Å². The average molecular weight is 272 g/mol. The fraction of sp³-hybridized carbons (Fsp3) is 0.471. The number of hydrogen-bond acceptors (Lipinski definition) is 1. The van der Waals surface area contributed by atoms with Crippen LogP contribution >= 0.6 is 0 Å². The molecular weight excluding hydrogens is 248 g/mol. The predicted molar refractivity (Wildman–Crippen MR) is 83.7 cm³/mol. The number of aryl methyl sites for hydroxylation is 1. The summed E-state index contributed by atoms with van der Waals surface area (Å²) in [6.07, 6.45) is 2.75. The van der Waals surface area contributed by atoms with Crippen molar-refractivity contribution in [2.45, 2.75) is 47.0 Å². The van der Waals surface area contributed by atoms with E-state index in [0.717, 1.165) is 36.2 Å². The summed E-state index contributed by atoms with van der Waals surface area (Å²) in [7, 11) is 0. The maximum absolute atomic E-state index is 12.2. The molecule has 0 aliphatic rings. The molecule has 0 unspecified atom stereocenters. The largest absolute Gasteiger partial charge is 0.268 e. The number of benzene rings is 1. The Balaban J connectivity index is 2.57. The second-order valence-corrected chi connectivity index (χ2v) is 5.89. The summed E-state index contributed by atoms with van der Waals surface area (Å²) in [5.41, 5.74) is 4.38. The number of nitrogens with one attached hydrogen (secondary N) is 1. The standard InChI is InChI=1S/C17H24N2O/c1-5-7-15-16(10-12(2)3)19(18-17(15)20)14-9-6-8-13(4)11-14/h6,8-9,11-12H,5,7,10H2,1-4H3,(H,18,20). The molecule has 0 saturated heterocycles. The van der Waals surface area contributed by atoms with Crippen LogP contribution in [0.4, 0.5) is 0 Å². The highest BCUT2D eigenvalue weighted by Crippen LogP contribution is 2.18. The fourth-order valence-electron chi connectivity index (χ4n) is 2.60. The average Bonchev–Trinajstić information content (AvgIpc) is 2.67. The molecule has 108 valence electrons. The second-order valence-electron chi connectivity index (χ2n) is 5.89. The summed E-state index contributed by atoms with van der Waals surface area (Å²) in [4.78, 5) is 12.2. The monoisotopic (exact) mass is 272 g/mol. The molecule has 1 heterocycles. The van der Waals surface area contributed by atoms with Gasteiger partial charge in [0, 0.05) is 11.3 Å². The summed E-state index contributed by atoms with van der Waals surface area (Å²) < 4.78 is 1.97. The summed E-state index contributed by atoms with van der Waals surface area (Å²) in [6, 6.07) is 8.25. The quantitative estimate of drug-likeness (QED) is 0.887. The molecule has 2 rings (SSSR count). The smallest absolute Gasteiger partial charge is 0.267 e.